The first-order chi connectivity index (χ1) is 11.9. The Bertz CT molecular complexity index is 797. The van der Waals surface area contributed by atoms with Crippen molar-refractivity contribution in [3.05, 3.63) is 59.7 Å². The van der Waals surface area contributed by atoms with E-state index < -0.39 is 0 Å². The van der Waals surface area contributed by atoms with Gasteiger partial charge in [0.2, 0.25) is 11.8 Å². The van der Waals surface area contributed by atoms with Gasteiger partial charge in [0.05, 0.1) is 0 Å². The van der Waals surface area contributed by atoms with Gasteiger partial charge in [0, 0.05) is 31.3 Å². The Labute approximate surface area is 148 Å². The first-order valence-electron chi connectivity index (χ1n) is 8.63. The fraction of sp³-hybridized carbons (Fsp3) is 0.333. The molecule has 3 rings (SSSR count). The molecule has 0 atom stereocenters. The van der Waals surface area contributed by atoms with Crippen molar-refractivity contribution in [2.45, 2.75) is 39.0 Å². The average molecular weight is 336 g/mol. The van der Waals surface area contributed by atoms with Crippen LogP contribution in [0.5, 0.6) is 0 Å². The van der Waals surface area contributed by atoms with Crippen LogP contribution in [-0.2, 0) is 21.4 Å². The molecule has 130 valence electrons. The van der Waals surface area contributed by atoms with E-state index >= 15 is 0 Å². The number of nitrogens with one attached hydrogen (secondary N) is 1. The number of carbonyl (C=O) groups excluding carboxylic acids is 2. The number of fused-ring (bicyclic) bond motifs is 1. The summed E-state index contributed by atoms with van der Waals surface area (Å²) in [5.41, 5.74) is 3.70. The fourth-order valence-electron chi connectivity index (χ4n) is 3.38. The molecule has 2 aromatic carbocycles. The highest BCUT2D eigenvalue weighted by Crippen LogP contribution is 2.32. The van der Waals surface area contributed by atoms with Gasteiger partial charge in [-0.05, 0) is 35.1 Å². The highest BCUT2D eigenvalue weighted by Gasteiger charge is 2.25. The minimum atomic E-state index is -0.243. The fourth-order valence-corrected chi connectivity index (χ4v) is 3.38. The van der Waals surface area contributed by atoms with Crippen LogP contribution in [0.15, 0.2) is 48.5 Å². The van der Waals surface area contributed by atoms with Gasteiger partial charge in [-0.25, -0.2) is 0 Å². The van der Waals surface area contributed by atoms with Crippen LogP contribution in [0.25, 0.3) is 0 Å². The molecule has 2 aromatic rings. The van der Waals surface area contributed by atoms with Crippen LogP contribution in [0.3, 0.4) is 0 Å². The maximum absolute atomic E-state index is 12.5. The van der Waals surface area contributed by atoms with Crippen molar-refractivity contribution in [3.63, 3.8) is 0 Å². The summed E-state index contributed by atoms with van der Waals surface area (Å²) in [7, 11) is 0. The smallest absolute Gasteiger partial charge is 0.225 e. The van der Waals surface area contributed by atoms with Crippen LogP contribution in [0.2, 0.25) is 0 Å². The minimum absolute atomic E-state index is 0.0267. The third-order valence-corrected chi connectivity index (χ3v) is 4.80. The monoisotopic (exact) mass is 336 g/mol. The molecule has 0 fully saturated rings. The lowest BCUT2D eigenvalue weighted by atomic mass is 9.81. The van der Waals surface area contributed by atoms with E-state index in [2.05, 4.69) is 19.2 Å². The van der Waals surface area contributed by atoms with Gasteiger partial charge in [0.1, 0.15) is 0 Å². The molecule has 1 aliphatic heterocycles. The lowest BCUT2D eigenvalue weighted by molar-refractivity contribution is -0.117. The number of carbonyl (C=O) groups is 2. The Hall–Kier alpha value is -2.62. The van der Waals surface area contributed by atoms with Gasteiger partial charge in [-0.2, -0.15) is 0 Å². The first-order valence-corrected chi connectivity index (χ1v) is 8.63. The van der Waals surface area contributed by atoms with E-state index in [1.54, 1.807) is 11.8 Å². The van der Waals surface area contributed by atoms with Crippen LogP contribution in [0.4, 0.5) is 11.4 Å². The number of rotatable bonds is 4. The maximum atomic E-state index is 12.5. The summed E-state index contributed by atoms with van der Waals surface area (Å²) >= 11 is 0. The van der Waals surface area contributed by atoms with E-state index in [9.17, 15) is 9.59 Å². The number of benzene rings is 2. The molecule has 0 aromatic heterocycles. The summed E-state index contributed by atoms with van der Waals surface area (Å²) in [4.78, 5) is 26.0. The Morgan fingerprint density at radius 3 is 2.52 bits per heavy atom. The Morgan fingerprint density at radius 1 is 1.12 bits per heavy atom. The molecule has 0 radical (unpaired) electrons. The van der Waals surface area contributed by atoms with Crippen LogP contribution >= 0.6 is 0 Å². The van der Waals surface area contributed by atoms with Gasteiger partial charge in [0.15, 0.2) is 0 Å². The SMILES string of the molecule is CC(=O)N1CCc2ccc(NC(=O)CC(C)(C)c3ccccc3)cc21. The normalized spacial score (nSPS) is 13.5. The number of hydrogen-bond acceptors (Lipinski definition) is 2. The molecule has 0 unspecified atom stereocenters. The Balaban J connectivity index is 1.72. The zero-order valence-electron chi connectivity index (χ0n) is 15.0. The second-order valence-electron chi connectivity index (χ2n) is 7.24. The molecule has 0 spiro atoms. The molecular formula is C21H24N2O2. The van der Waals surface area contributed by atoms with Crippen molar-refractivity contribution < 1.29 is 9.59 Å². The predicted molar refractivity (Wildman–Crippen MR) is 101 cm³/mol. The topological polar surface area (TPSA) is 49.4 Å². The van der Waals surface area contributed by atoms with Crippen molar-refractivity contribution in [2.24, 2.45) is 0 Å². The Morgan fingerprint density at radius 2 is 1.84 bits per heavy atom. The van der Waals surface area contributed by atoms with Gasteiger partial charge >= 0.3 is 0 Å². The second kappa shape index (κ2) is 6.71. The molecule has 1 N–H and O–H groups in total. The number of anilines is 2. The molecule has 25 heavy (non-hydrogen) atoms. The van der Waals surface area contributed by atoms with Crippen LogP contribution in [0.1, 0.15) is 38.3 Å². The summed E-state index contributed by atoms with van der Waals surface area (Å²) in [6, 6.07) is 15.9. The lowest BCUT2D eigenvalue weighted by Gasteiger charge is -2.24. The summed E-state index contributed by atoms with van der Waals surface area (Å²) in [5.74, 6) is 0.00797. The molecule has 0 aliphatic carbocycles. The van der Waals surface area contributed by atoms with E-state index in [1.165, 1.54) is 0 Å². The predicted octanol–water partition coefficient (Wildman–Crippen LogP) is 3.90. The quantitative estimate of drug-likeness (QED) is 0.920. The van der Waals surface area contributed by atoms with Gasteiger partial charge in [-0.1, -0.05) is 50.2 Å². The molecule has 1 heterocycles. The Kier molecular flexibility index (Phi) is 4.62. The largest absolute Gasteiger partial charge is 0.326 e. The van der Waals surface area contributed by atoms with E-state index in [0.29, 0.717) is 13.0 Å². The molecule has 0 saturated heterocycles. The molecule has 4 nitrogen and oxygen atoms in total. The van der Waals surface area contributed by atoms with E-state index in [1.807, 2.05) is 48.5 Å². The van der Waals surface area contributed by atoms with Crippen molar-refractivity contribution >= 4 is 23.2 Å². The van der Waals surface area contributed by atoms with Crippen LogP contribution in [0, 0.1) is 0 Å². The molecule has 1 aliphatic rings. The summed E-state index contributed by atoms with van der Waals surface area (Å²) < 4.78 is 0. The number of hydrogen-bond donors (Lipinski definition) is 1. The van der Waals surface area contributed by atoms with Gasteiger partial charge in [0.25, 0.3) is 0 Å². The highest BCUT2D eigenvalue weighted by atomic mass is 16.2. The first kappa shape index (κ1) is 17.2. The third kappa shape index (κ3) is 3.73. The van der Waals surface area contributed by atoms with E-state index in [0.717, 1.165) is 28.9 Å². The van der Waals surface area contributed by atoms with E-state index in [-0.39, 0.29) is 17.2 Å². The van der Waals surface area contributed by atoms with Crippen molar-refractivity contribution in [3.8, 4) is 0 Å². The molecular weight excluding hydrogens is 312 g/mol. The lowest BCUT2D eigenvalue weighted by Crippen LogP contribution is -2.27. The van der Waals surface area contributed by atoms with Crippen LogP contribution in [-0.4, -0.2) is 18.4 Å². The average Bonchev–Trinajstić information content (AvgIpc) is 2.98. The highest BCUT2D eigenvalue weighted by molar-refractivity contribution is 5.96. The zero-order valence-corrected chi connectivity index (χ0v) is 15.0. The summed E-state index contributed by atoms with van der Waals surface area (Å²) in [6.45, 7) is 6.43. The van der Waals surface area contributed by atoms with Crippen molar-refractivity contribution in [2.75, 3.05) is 16.8 Å². The van der Waals surface area contributed by atoms with Crippen LogP contribution < -0.4 is 10.2 Å². The van der Waals surface area contributed by atoms with Gasteiger partial charge < -0.3 is 10.2 Å². The molecule has 2 amide bonds. The minimum Gasteiger partial charge on any atom is -0.326 e. The third-order valence-electron chi connectivity index (χ3n) is 4.80. The van der Waals surface area contributed by atoms with Crippen molar-refractivity contribution in [1.82, 2.24) is 0 Å². The number of nitrogens with zero attached hydrogens (tertiary/aromatic N) is 1. The second-order valence-corrected chi connectivity index (χ2v) is 7.24. The van der Waals surface area contributed by atoms with Crippen molar-refractivity contribution in [1.29, 1.82) is 0 Å². The standard InChI is InChI=1S/C21H24N2O2/c1-15(24)23-12-11-16-9-10-18(13-19(16)23)22-20(25)14-21(2,3)17-7-5-4-6-8-17/h4-10,13H,11-12,14H2,1-3H3,(H,22,25). The van der Waals surface area contributed by atoms with E-state index in [4.69, 9.17) is 0 Å². The number of amides is 2. The van der Waals surface area contributed by atoms with Gasteiger partial charge in [-0.15, -0.1) is 0 Å². The maximum Gasteiger partial charge on any atom is 0.225 e. The van der Waals surface area contributed by atoms with Gasteiger partial charge in [-0.3, -0.25) is 9.59 Å². The zero-order chi connectivity index (χ0) is 18.0. The molecule has 0 saturated carbocycles. The summed E-state index contributed by atoms with van der Waals surface area (Å²) in [6.07, 6.45) is 1.26. The summed E-state index contributed by atoms with van der Waals surface area (Å²) in [5, 5.41) is 2.98. The molecule has 0 bridgehead atoms. The molecule has 4 heteroatoms.